The third-order valence-corrected chi connectivity index (χ3v) is 7.70. The van der Waals surface area contributed by atoms with Crippen molar-refractivity contribution in [3.63, 3.8) is 0 Å². The van der Waals surface area contributed by atoms with E-state index in [-0.39, 0.29) is 22.0 Å². The molecule has 1 amide bonds. The molecule has 3 aromatic rings. The number of amides is 1. The molecule has 34 heavy (non-hydrogen) atoms. The van der Waals surface area contributed by atoms with Crippen LogP contribution in [0.1, 0.15) is 27.0 Å². The Morgan fingerprint density at radius 3 is 2.56 bits per heavy atom. The van der Waals surface area contributed by atoms with Crippen LogP contribution in [-0.4, -0.2) is 37.8 Å². The summed E-state index contributed by atoms with van der Waals surface area (Å²) < 4.78 is 33.0. The first-order chi connectivity index (χ1) is 16.2. The van der Waals surface area contributed by atoms with Gasteiger partial charge in [-0.1, -0.05) is 48.0 Å². The fourth-order valence-corrected chi connectivity index (χ4v) is 5.41. The largest absolute Gasteiger partial charge is 0.452 e. The Morgan fingerprint density at radius 2 is 1.79 bits per heavy atom. The van der Waals surface area contributed by atoms with Crippen LogP contribution in [0.15, 0.2) is 71.6 Å². The number of anilines is 1. The minimum Gasteiger partial charge on any atom is -0.452 e. The Balaban J connectivity index is 1.46. The minimum absolute atomic E-state index is 0.0343. The molecule has 1 N–H and O–H groups in total. The van der Waals surface area contributed by atoms with Crippen molar-refractivity contribution < 1.29 is 22.7 Å². The van der Waals surface area contributed by atoms with Gasteiger partial charge in [0.25, 0.3) is 5.91 Å². The van der Waals surface area contributed by atoms with Crippen LogP contribution in [0.25, 0.3) is 0 Å². The number of hydrogen-bond donors (Lipinski definition) is 1. The lowest BCUT2D eigenvalue weighted by Crippen LogP contribution is -2.36. The SMILES string of the molecule is Cc1cccc(NC(=O)COC(=O)c2cc(S(=O)(=O)N3CCc4ccccc4C3)ccc2Cl)c1. The molecule has 9 heteroatoms. The Kier molecular flexibility index (Phi) is 7.02. The molecule has 0 spiro atoms. The summed E-state index contributed by atoms with van der Waals surface area (Å²) in [4.78, 5) is 24.7. The molecule has 0 bridgehead atoms. The maximum atomic E-state index is 13.2. The second-order valence-corrected chi connectivity index (χ2v) is 10.3. The average Bonchev–Trinajstić information content (AvgIpc) is 2.82. The van der Waals surface area contributed by atoms with Crippen LogP contribution < -0.4 is 5.32 Å². The number of benzene rings is 3. The summed E-state index contributed by atoms with van der Waals surface area (Å²) in [6.45, 7) is 1.94. The van der Waals surface area contributed by atoms with Gasteiger partial charge in [-0.2, -0.15) is 4.31 Å². The molecule has 0 radical (unpaired) electrons. The molecular formula is C25H23ClN2O5S. The zero-order valence-electron chi connectivity index (χ0n) is 18.5. The van der Waals surface area contributed by atoms with Gasteiger partial charge in [-0.15, -0.1) is 0 Å². The van der Waals surface area contributed by atoms with Gasteiger partial charge in [-0.25, -0.2) is 13.2 Å². The van der Waals surface area contributed by atoms with Crippen molar-refractivity contribution in [2.75, 3.05) is 18.5 Å². The van der Waals surface area contributed by atoms with E-state index in [1.54, 1.807) is 18.2 Å². The molecule has 0 aromatic heterocycles. The van der Waals surface area contributed by atoms with Gasteiger partial charge in [0.15, 0.2) is 6.61 Å². The lowest BCUT2D eigenvalue weighted by Gasteiger charge is -2.28. The molecule has 1 heterocycles. The lowest BCUT2D eigenvalue weighted by molar-refractivity contribution is -0.119. The number of nitrogens with one attached hydrogen (secondary N) is 1. The number of esters is 1. The quantitative estimate of drug-likeness (QED) is 0.514. The van der Waals surface area contributed by atoms with Gasteiger partial charge >= 0.3 is 5.97 Å². The number of nitrogens with zero attached hydrogens (tertiary/aromatic N) is 1. The fourth-order valence-electron chi connectivity index (χ4n) is 3.77. The maximum absolute atomic E-state index is 13.2. The number of carbonyl (C=O) groups is 2. The number of carbonyl (C=O) groups excluding carboxylic acids is 2. The molecule has 0 aliphatic carbocycles. The standard InChI is InChI=1S/C25H23ClN2O5S/c1-17-5-4-8-20(13-17)27-24(29)16-33-25(30)22-14-21(9-10-23(22)26)34(31,32)28-12-11-18-6-2-3-7-19(18)15-28/h2-10,13-14H,11-12,15-16H2,1H3,(H,27,29). The first-order valence-electron chi connectivity index (χ1n) is 10.6. The molecule has 3 aromatic carbocycles. The third-order valence-electron chi connectivity index (χ3n) is 5.53. The van der Waals surface area contributed by atoms with E-state index in [4.69, 9.17) is 16.3 Å². The second-order valence-electron chi connectivity index (χ2n) is 7.99. The van der Waals surface area contributed by atoms with Gasteiger partial charge in [0, 0.05) is 18.8 Å². The fraction of sp³-hybridized carbons (Fsp3) is 0.200. The summed E-state index contributed by atoms with van der Waals surface area (Å²) in [5.41, 5.74) is 3.50. The van der Waals surface area contributed by atoms with Crippen molar-refractivity contribution in [1.82, 2.24) is 4.31 Å². The van der Waals surface area contributed by atoms with E-state index in [9.17, 15) is 18.0 Å². The Labute approximate surface area is 203 Å². The van der Waals surface area contributed by atoms with E-state index < -0.39 is 28.5 Å². The predicted molar refractivity (Wildman–Crippen MR) is 129 cm³/mol. The summed E-state index contributed by atoms with van der Waals surface area (Å²) in [5.74, 6) is -1.41. The number of fused-ring (bicyclic) bond motifs is 1. The molecule has 176 valence electrons. The number of rotatable bonds is 6. The number of halogens is 1. The zero-order chi connectivity index (χ0) is 24.3. The van der Waals surface area contributed by atoms with E-state index in [1.165, 1.54) is 22.5 Å². The van der Waals surface area contributed by atoms with E-state index >= 15 is 0 Å². The van der Waals surface area contributed by atoms with Crippen LogP contribution in [0.3, 0.4) is 0 Å². The van der Waals surface area contributed by atoms with Crippen molar-refractivity contribution >= 4 is 39.2 Å². The Morgan fingerprint density at radius 1 is 1.03 bits per heavy atom. The number of sulfonamides is 1. The molecule has 7 nitrogen and oxygen atoms in total. The van der Waals surface area contributed by atoms with Crippen molar-refractivity contribution in [2.45, 2.75) is 24.8 Å². The molecule has 0 unspecified atom stereocenters. The van der Waals surface area contributed by atoms with E-state index in [0.29, 0.717) is 18.7 Å². The summed E-state index contributed by atoms with van der Waals surface area (Å²) in [5, 5.41) is 2.67. The monoisotopic (exact) mass is 498 g/mol. The molecule has 0 fully saturated rings. The summed E-state index contributed by atoms with van der Waals surface area (Å²) in [6.07, 6.45) is 0.605. The summed E-state index contributed by atoms with van der Waals surface area (Å²) >= 11 is 6.15. The highest BCUT2D eigenvalue weighted by atomic mass is 35.5. The van der Waals surface area contributed by atoms with Crippen molar-refractivity contribution in [1.29, 1.82) is 0 Å². The summed E-state index contributed by atoms with van der Waals surface area (Å²) in [7, 11) is -3.87. The van der Waals surface area contributed by atoms with Crippen LogP contribution in [0, 0.1) is 6.92 Å². The Hall–Kier alpha value is -3.20. The maximum Gasteiger partial charge on any atom is 0.340 e. The predicted octanol–water partition coefficient (Wildman–Crippen LogP) is 4.19. The molecule has 1 aliphatic rings. The highest BCUT2D eigenvalue weighted by molar-refractivity contribution is 7.89. The normalized spacial score (nSPS) is 13.7. The molecule has 1 aliphatic heterocycles. The zero-order valence-corrected chi connectivity index (χ0v) is 20.0. The van der Waals surface area contributed by atoms with E-state index in [2.05, 4.69) is 5.32 Å². The lowest BCUT2D eigenvalue weighted by atomic mass is 10.0. The average molecular weight is 499 g/mol. The van der Waals surface area contributed by atoms with Crippen LogP contribution in [-0.2, 0) is 32.5 Å². The van der Waals surface area contributed by atoms with Crippen molar-refractivity contribution in [3.8, 4) is 0 Å². The Bertz CT molecular complexity index is 1360. The first-order valence-corrected chi connectivity index (χ1v) is 12.5. The minimum atomic E-state index is -3.87. The highest BCUT2D eigenvalue weighted by Gasteiger charge is 2.29. The smallest absolute Gasteiger partial charge is 0.340 e. The van der Waals surface area contributed by atoms with Crippen molar-refractivity contribution in [2.24, 2.45) is 0 Å². The van der Waals surface area contributed by atoms with Gasteiger partial charge in [-0.05, 0) is 60.4 Å². The van der Waals surface area contributed by atoms with Gasteiger partial charge in [0.1, 0.15) is 0 Å². The van der Waals surface area contributed by atoms with Crippen LogP contribution >= 0.6 is 11.6 Å². The van der Waals surface area contributed by atoms with Gasteiger partial charge in [-0.3, -0.25) is 4.79 Å². The molecule has 0 saturated carbocycles. The molecule has 4 rings (SSSR count). The molecule has 0 saturated heterocycles. The molecular weight excluding hydrogens is 476 g/mol. The van der Waals surface area contributed by atoms with Crippen LogP contribution in [0.2, 0.25) is 5.02 Å². The van der Waals surface area contributed by atoms with Gasteiger partial charge < -0.3 is 10.1 Å². The van der Waals surface area contributed by atoms with E-state index in [0.717, 1.165) is 16.7 Å². The third kappa shape index (κ3) is 5.30. The summed E-state index contributed by atoms with van der Waals surface area (Å²) in [6, 6.07) is 18.8. The second kappa shape index (κ2) is 9.97. The van der Waals surface area contributed by atoms with Crippen molar-refractivity contribution in [3.05, 3.63) is 94.0 Å². The van der Waals surface area contributed by atoms with E-state index in [1.807, 2.05) is 37.3 Å². The van der Waals surface area contributed by atoms with Crippen LogP contribution in [0.4, 0.5) is 5.69 Å². The van der Waals surface area contributed by atoms with Crippen LogP contribution in [0.5, 0.6) is 0 Å². The first kappa shape index (κ1) is 23.9. The topological polar surface area (TPSA) is 92.8 Å². The number of ether oxygens (including phenoxy) is 1. The van der Waals surface area contributed by atoms with Gasteiger partial charge in [0.05, 0.1) is 15.5 Å². The number of aryl methyl sites for hydroxylation is 1. The van der Waals surface area contributed by atoms with Gasteiger partial charge in [0.2, 0.25) is 10.0 Å². The number of hydrogen-bond acceptors (Lipinski definition) is 5. The molecule has 0 atom stereocenters. The highest BCUT2D eigenvalue weighted by Crippen LogP contribution is 2.27.